The number of hydrogen-bond acceptors (Lipinski definition) is 5. The number of anilines is 1. The van der Waals surface area contributed by atoms with Gasteiger partial charge in [0.1, 0.15) is 17.7 Å². The molecule has 9 heteroatoms. The fourth-order valence-corrected chi connectivity index (χ4v) is 5.04. The van der Waals surface area contributed by atoms with Crippen molar-refractivity contribution in [1.29, 1.82) is 0 Å². The monoisotopic (exact) mass is 599 g/mol. The lowest BCUT2D eigenvalue weighted by atomic mass is 9.90. The lowest BCUT2D eigenvalue weighted by Crippen LogP contribution is -2.59. The zero-order chi connectivity index (χ0) is 31.0. The fraction of sp³-hybridized carbons (Fsp3) is 0.469. The van der Waals surface area contributed by atoms with Crippen LogP contribution in [0.4, 0.5) is 10.5 Å². The first-order valence-corrected chi connectivity index (χ1v) is 15.4. The van der Waals surface area contributed by atoms with Gasteiger partial charge >= 0.3 is 6.09 Å². The number of carbonyl (C=O) groups is 3. The molecule has 0 radical (unpaired) electrons. The summed E-state index contributed by atoms with van der Waals surface area (Å²) in [5, 5.41) is 6.11. The minimum absolute atomic E-state index is 0.338. The molecule has 41 heavy (non-hydrogen) atoms. The summed E-state index contributed by atoms with van der Waals surface area (Å²) in [6.07, 6.45) is 7.95. The smallest absolute Gasteiger partial charge is 0.408 e. The van der Waals surface area contributed by atoms with Gasteiger partial charge in [-0.25, -0.2) is 4.79 Å². The molecule has 0 saturated carbocycles. The lowest BCUT2D eigenvalue weighted by molar-refractivity contribution is -0.147. The Labute approximate surface area is 254 Å². The Balaban J connectivity index is 2.73. The Kier molecular flexibility index (Phi) is 12.2. The van der Waals surface area contributed by atoms with Gasteiger partial charge in [-0.3, -0.25) is 9.59 Å². The number of hydrogen-bond donors (Lipinski definition) is 2. The quantitative estimate of drug-likeness (QED) is 0.272. The van der Waals surface area contributed by atoms with Crippen molar-refractivity contribution in [3.05, 3.63) is 64.2 Å². The number of carbonyl (C=O) groups excluding carboxylic acids is 3. The number of thioether (sulfide) groups is 1. The van der Waals surface area contributed by atoms with Crippen molar-refractivity contribution < 1.29 is 19.1 Å². The molecule has 0 spiro atoms. The predicted molar refractivity (Wildman–Crippen MR) is 169 cm³/mol. The molecule has 0 bridgehead atoms. The molecule has 7 nitrogen and oxygen atoms in total. The molecule has 222 valence electrons. The summed E-state index contributed by atoms with van der Waals surface area (Å²) >= 11 is 8.02. The van der Waals surface area contributed by atoms with Crippen molar-refractivity contribution >= 4 is 47.0 Å². The maximum atomic E-state index is 14.5. The minimum Gasteiger partial charge on any atom is -0.444 e. The third-order valence-corrected chi connectivity index (χ3v) is 7.70. The van der Waals surface area contributed by atoms with Gasteiger partial charge in [-0.1, -0.05) is 54.8 Å². The molecule has 0 aliphatic heterocycles. The number of aryl methyl sites for hydroxylation is 1. The van der Waals surface area contributed by atoms with E-state index < -0.39 is 41.1 Å². The van der Waals surface area contributed by atoms with Crippen LogP contribution < -0.4 is 10.6 Å². The van der Waals surface area contributed by atoms with Gasteiger partial charge in [0.05, 0.1) is 10.7 Å². The van der Waals surface area contributed by atoms with E-state index in [1.807, 2.05) is 40.0 Å². The van der Waals surface area contributed by atoms with E-state index >= 15 is 0 Å². The molecule has 2 N–H and O–H groups in total. The van der Waals surface area contributed by atoms with Crippen molar-refractivity contribution in [3.63, 3.8) is 0 Å². The highest BCUT2D eigenvalue weighted by Gasteiger charge is 2.43. The summed E-state index contributed by atoms with van der Waals surface area (Å²) in [6.45, 7) is 12.8. The maximum absolute atomic E-state index is 14.5. The van der Waals surface area contributed by atoms with Gasteiger partial charge in [0.15, 0.2) is 0 Å². The van der Waals surface area contributed by atoms with Crippen molar-refractivity contribution in [1.82, 2.24) is 10.2 Å². The van der Waals surface area contributed by atoms with Gasteiger partial charge in [0, 0.05) is 11.1 Å². The summed E-state index contributed by atoms with van der Waals surface area (Å²) in [6, 6.07) is 10.3. The van der Waals surface area contributed by atoms with E-state index in [1.54, 1.807) is 73.8 Å². The fourth-order valence-electron chi connectivity index (χ4n) is 4.30. The number of amides is 3. The van der Waals surface area contributed by atoms with E-state index in [0.717, 1.165) is 5.56 Å². The molecule has 2 unspecified atom stereocenters. The molecular weight excluding hydrogens is 558 g/mol. The minimum atomic E-state index is -1.13. The topological polar surface area (TPSA) is 87.7 Å². The zero-order valence-corrected chi connectivity index (χ0v) is 26.8. The van der Waals surface area contributed by atoms with Crippen LogP contribution in [0.5, 0.6) is 0 Å². The van der Waals surface area contributed by atoms with Gasteiger partial charge in [-0.05, 0) is 89.7 Å². The second kappa shape index (κ2) is 14.7. The molecular formula is C32H42ClN3O4S. The second-order valence-electron chi connectivity index (χ2n) is 11.4. The van der Waals surface area contributed by atoms with Crippen molar-refractivity contribution in [2.24, 2.45) is 0 Å². The standard InChI is InChI=1S/C32H42ClN3O4S/c1-10-22-16-12-13-17-23(22)27(28(37)35-26-21(3)15-14-18-24(26)33)36(32(7,8)11-2)29(38)25(19-20-41-9)34-30(39)40-31(4,5)6/h1,12-18,25,27H,11,19-20H2,2-9H3,(H,34,39)(H,35,37). The van der Waals surface area contributed by atoms with Gasteiger partial charge in [0.2, 0.25) is 5.91 Å². The number of benzene rings is 2. The first kappa shape index (κ1) is 34.1. The number of halogens is 1. The largest absolute Gasteiger partial charge is 0.444 e. The van der Waals surface area contributed by atoms with E-state index in [2.05, 4.69) is 16.6 Å². The third kappa shape index (κ3) is 9.17. The van der Waals surface area contributed by atoms with Crippen LogP contribution in [-0.2, 0) is 14.3 Å². The average molecular weight is 600 g/mol. The van der Waals surface area contributed by atoms with Crippen LogP contribution in [0.1, 0.15) is 77.1 Å². The summed E-state index contributed by atoms with van der Waals surface area (Å²) in [5.74, 6) is 2.38. The average Bonchev–Trinajstić information content (AvgIpc) is 2.90. The van der Waals surface area contributed by atoms with E-state index in [-0.39, 0.29) is 0 Å². The van der Waals surface area contributed by atoms with Crippen LogP contribution in [0, 0.1) is 19.3 Å². The normalized spacial score (nSPS) is 13.0. The Bertz CT molecular complexity index is 1260. The van der Waals surface area contributed by atoms with Crippen LogP contribution in [0.2, 0.25) is 5.02 Å². The predicted octanol–water partition coefficient (Wildman–Crippen LogP) is 6.97. The maximum Gasteiger partial charge on any atom is 0.408 e. The van der Waals surface area contributed by atoms with Gasteiger partial charge < -0.3 is 20.3 Å². The SMILES string of the molecule is C#Cc1ccccc1C(C(=O)Nc1c(C)cccc1Cl)N(C(=O)C(CCSC)NC(=O)OC(C)(C)C)C(C)(C)CC. The summed E-state index contributed by atoms with van der Waals surface area (Å²) in [7, 11) is 0. The van der Waals surface area contributed by atoms with E-state index in [0.29, 0.717) is 40.4 Å². The molecule has 0 aliphatic rings. The van der Waals surface area contributed by atoms with Crippen molar-refractivity contribution in [2.45, 2.75) is 84.5 Å². The lowest BCUT2D eigenvalue weighted by Gasteiger charge is -2.45. The van der Waals surface area contributed by atoms with E-state index in [4.69, 9.17) is 22.8 Å². The molecule has 2 rings (SSSR count). The third-order valence-electron chi connectivity index (χ3n) is 6.74. The molecule has 3 amide bonds. The summed E-state index contributed by atoms with van der Waals surface area (Å²) in [5.41, 5.74) is 0.633. The van der Waals surface area contributed by atoms with Crippen LogP contribution >= 0.6 is 23.4 Å². The highest BCUT2D eigenvalue weighted by molar-refractivity contribution is 7.98. The molecule has 2 aromatic rings. The Hall–Kier alpha value is -3.15. The second-order valence-corrected chi connectivity index (χ2v) is 12.8. The van der Waals surface area contributed by atoms with Crippen molar-refractivity contribution in [2.75, 3.05) is 17.3 Å². The van der Waals surface area contributed by atoms with Crippen molar-refractivity contribution in [3.8, 4) is 12.3 Å². The first-order chi connectivity index (χ1) is 19.2. The van der Waals surface area contributed by atoms with Gasteiger partial charge in [-0.2, -0.15) is 11.8 Å². The van der Waals surface area contributed by atoms with Crippen LogP contribution in [0.25, 0.3) is 0 Å². The highest BCUT2D eigenvalue weighted by atomic mass is 35.5. The van der Waals surface area contributed by atoms with E-state index in [9.17, 15) is 14.4 Å². The highest BCUT2D eigenvalue weighted by Crippen LogP contribution is 2.36. The molecule has 0 saturated heterocycles. The first-order valence-electron chi connectivity index (χ1n) is 13.6. The number of ether oxygens (including phenoxy) is 1. The molecule has 2 aromatic carbocycles. The molecule has 0 aromatic heterocycles. The Morgan fingerprint density at radius 3 is 2.32 bits per heavy atom. The van der Waals surface area contributed by atoms with Crippen LogP contribution in [-0.4, -0.2) is 52.0 Å². The molecule has 0 heterocycles. The summed E-state index contributed by atoms with van der Waals surface area (Å²) in [4.78, 5) is 43.2. The number of alkyl carbamates (subject to hydrolysis) is 1. The molecule has 0 fully saturated rings. The van der Waals surface area contributed by atoms with E-state index in [1.165, 1.54) is 0 Å². The molecule has 2 atom stereocenters. The number of nitrogens with one attached hydrogen (secondary N) is 2. The Morgan fingerprint density at radius 1 is 1.10 bits per heavy atom. The van der Waals surface area contributed by atoms with Gasteiger partial charge in [-0.15, -0.1) is 6.42 Å². The number of para-hydroxylation sites is 1. The zero-order valence-electron chi connectivity index (χ0n) is 25.3. The van der Waals surface area contributed by atoms with Crippen LogP contribution in [0.3, 0.4) is 0 Å². The summed E-state index contributed by atoms with van der Waals surface area (Å²) < 4.78 is 5.48. The number of nitrogens with zero attached hydrogens (tertiary/aromatic N) is 1. The number of rotatable bonds is 11. The van der Waals surface area contributed by atoms with Gasteiger partial charge in [0.25, 0.3) is 5.91 Å². The van der Waals surface area contributed by atoms with Crippen LogP contribution in [0.15, 0.2) is 42.5 Å². The molecule has 0 aliphatic carbocycles. The number of terminal acetylenes is 1. The Morgan fingerprint density at radius 2 is 1.76 bits per heavy atom.